The molecule has 0 saturated heterocycles. The van der Waals surface area contributed by atoms with Gasteiger partial charge in [0, 0.05) is 21.5 Å². The summed E-state index contributed by atoms with van der Waals surface area (Å²) < 4.78 is 7.06. The molecule has 0 radical (unpaired) electrons. The van der Waals surface area contributed by atoms with Crippen LogP contribution in [-0.2, 0) is 6.42 Å². The largest absolute Gasteiger partial charge is 0.495 e. The Hall–Kier alpha value is -0.550. The molecule has 2 rings (SSSR count). The second-order valence-corrected chi connectivity index (χ2v) is 6.57. The number of aliphatic hydroxyl groups excluding tert-OH is 1. The fraction of sp³-hybridized carbons (Fsp3) is 0.200. The smallest absolute Gasteiger partial charge is 0.138 e. The van der Waals surface area contributed by atoms with E-state index in [1.54, 1.807) is 19.2 Å². The minimum absolute atomic E-state index is 0.489. The fourth-order valence-corrected chi connectivity index (χ4v) is 3.48. The van der Waals surface area contributed by atoms with Gasteiger partial charge in [0.25, 0.3) is 0 Å². The highest BCUT2D eigenvalue weighted by Gasteiger charge is 2.17. The Morgan fingerprint density at radius 1 is 1.25 bits per heavy atom. The molecule has 0 aliphatic rings. The fourth-order valence-electron chi connectivity index (χ4n) is 2.04. The van der Waals surface area contributed by atoms with E-state index in [2.05, 4.69) is 31.9 Å². The molecule has 0 fully saturated rings. The van der Waals surface area contributed by atoms with Gasteiger partial charge < -0.3 is 9.84 Å². The second-order valence-electron chi connectivity index (χ2n) is 4.36. The van der Waals surface area contributed by atoms with E-state index >= 15 is 0 Å². The maximum Gasteiger partial charge on any atom is 0.138 e. The number of halogens is 3. The van der Waals surface area contributed by atoms with Crippen LogP contribution in [0.3, 0.4) is 0 Å². The predicted molar refractivity (Wildman–Crippen MR) is 88.5 cm³/mol. The first-order chi connectivity index (χ1) is 9.51. The third-order valence-electron chi connectivity index (χ3n) is 2.92. The molecule has 5 heteroatoms. The van der Waals surface area contributed by atoms with Crippen LogP contribution < -0.4 is 4.74 Å². The summed E-state index contributed by atoms with van der Waals surface area (Å²) in [6.07, 6.45) is -0.197. The van der Waals surface area contributed by atoms with Gasteiger partial charge in [0.05, 0.1) is 17.7 Å². The molecule has 0 heterocycles. The quantitative estimate of drug-likeness (QED) is 0.741. The van der Waals surface area contributed by atoms with Crippen LogP contribution in [0.5, 0.6) is 5.75 Å². The lowest BCUT2D eigenvalue weighted by atomic mass is 10.0. The van der Waals surface area contributed by atoms with Gasteiger partial charge in [0.1, 0.15) is 5.75 Å². The van der Waals surface area contributed by atoms with Crippen molar-refractivity contribution in [3.63, 3.8) is 0 Å². The first-order valence-corrected chi connectivity index (χ1v) is 7.93. The van der Waals surface area contributed by atoms with Crippen LogP contribution in [0.2, 0.25) is 5.02 Å². The van der Waals surface area contributed by atoms with E-state index in [-0.39, 0.29) is 0 Å². The highest BCUT2D eigenvalue weighted by Crippen LogP contribution is 2.37. The van der Waals surface area contributed by atoms with Gasteiger partial charge in [-0.15, -0.1) is 0 Å². The van der Waals surface area contributed by atoms with Crippen molar-refractivity contribution in [3.8, 4) is 5.75 Å². The van der Waals surface area contributed by atoms with Crippen molar-refractivity contribution in [2.45, 2.75) is 12.5 Å². The molecular formula is C15H13Br2ClO2. The zero-order valence-electron chi connectivity index (χ0n) is 10.7. The van der Waals surface area contributed by atoms with Gasteiger partial charge in [0.15, 0.2) is 0 Å². The molecule has 2 aromatic rings. The monoisotopic (exact) mass is 418 g/mol. The molecule has 1 N–H and O–H groups in total. The lowest BCUT2D eigenvalue weighted by Crippen LogP contribution is -2.05. The molecule has 0 aliphatic heterocycles. The van der Waals surface area contributed by atoms with Gasteiger partial charge in [0.2, 0.25) is 0 Å². The van der Waals surface area contributed by atoms with Crippen molar-refractivity contribution in [2.75, 3.05) is 7.11 Å². The molecule has 0 spiro atoms. The predicted octanol–water partition coefficient (Wildman–Crippen LogP) is 5.15. The molecular weight excluding hydrogens is 407 g/mol. The number of hydrogen-bond acceptors (Lipinski definition) is 2. The van der Waals surface area contributed by atoms with Gasteiger partial charge in [-0.05, 0) is 45.8 Å². The van der Waals surface area contributed by atoms with E-state index < -0.39 is 6.10 Å². The topological polar surface area (TPSA) is 29.5 Å². The first-order valence-electron chi connectivity index (χ1n) is 5.96. The molecule has 2 aromatic carbocycles. The molecule has 20 heavy (non-hydrogen) atoms. The Bertz CT molecular complexity index is 617. The van der Waals surface area contributed by atoms with E-state index in [1.165, 1.54) is 0 Å². The Morgan fingerprint density at radius 2 is 2.00 bits per heavy atom. The van der Waals surface area contributed by atoms with Crippen molar-refractivity contribution in [1.29, 1.82) is 0 Å². The van der Waals surface area contributed by atoms with Gasteiger partial charge in [-0.3, -0.25) is 0 Å². The Kier molecular flexibility index (Phi) is 5.49. The van der Waals surface area contributed by atoms with Crippen LogP contribution in [0, 0.1) is 0 Å². The minimum atomic E-state index is -0.686. The lowest BCUT2D eigenvalue weighted by molar-refractivity contribution is 0.174. The number of methoxy groups -OCH3 is 1. The summed E-state index contributed by atoms with van der Waals surface area (Å²) in [7, 11) is 1.57. The van der Waals surface area contributed by atoms with Crippen LogP contribution in [0.15, 0.2) is 45.3 Å². The van der Waals surface area contributed by atoms with Crippen molar-refractivity contribution in [1.82, 2.24) is 0 Å². The van der Waals surface area contributed by atoms with E-state index in [4.69, 9.17) is 16.3 Å². The Balaban J connectivity index is 2.31. The number of rotatable bonds is 4. The van der Waals surface area contributed by atoms with Gasteiger partial charge >= 0.3 is 0 Å². The summed E-state index contributed by atoms with van der Waals surface area (Å²) in [5, 5.41) is 11.0. The van der Waals surface area contributed by atoms with Gasteiger partial charge in [-0.2, -0.15) is 0 Å². The Labute approximate surface area is 140 Å². The van der Waals surface area contributed by atoms with E-state index in [1.807, 2.05) is 24.3 Å². The summed E-state index contributed by atoms with van der Waals surface area (Å²) in [5.74, 6) is 0.608. The third kappa shape index (κ3) is 3.76. The summed E-state index contributed by atoms with van der Waals surface area (Å²) in [4.78, 5) is 0. The lowest BCUT2D eigenvalue weighted by Gasteiger charge is -2.17. The van der Waals surface area contributed by atoms with Crippen molar-refractivity contribution in [2.24, 2.45) is 0 Å². The molecule has 1 unspecified atom stereocenters. The second kappa shape index (κ2) is 6.94. The summed E-state index contributed by atoms with van der Waals surface area (Å²) in [6.45, 7) is 0. The molecule has 106 valence electrons. The maximum atomic E-state index is 10.5. The highest BCUT2D eigenvalue weighted by molar-refractivity contribution is 9.10. The number of hydrogen-bond donors (Lipinski definition) is 1. The molecule has 0 saturated carbocycles. The third-order valence-corrected chi connectivity index (χ3v) is 4.22. The number of ether oxygens (including phenoxy) is 1. The number of aliphatic hydroxyl groups is 1. The zero-order chi connectivity index (χ0) is 14.7. The van der Waals surface area contributed by atoms with Crippen molar-refractivity contribution in [3.05, 3.63) is 61.5 Å². The van der Waals surface area contributed by atoms with E-state index in [0.717, 1.165) is 14.5 Å². The molecule has 0 aromatic heterocycles. The van der Waals surface area contributed by atoms with Gasteiger partial charge in [-0.25, -0.2) is 0 Å². The summed E-state index contributed by atoms with van der Waals surface area (Å²) >= 11 is 12.9. The first kappa shape index (κ1) is 15.8. The van der Waals surface area contributed by atoms with Gasteiger partial charge in [-0.1, -0.05) is 39.7 Å². The molecule has 0 amide bonds. The molecule has 1 atom stereocenters. The average molecular weight is 421 g/mol. The average Bonchev–Trinajstić information content (AvgIpc) is 2.37. The van der Waals surface area contributed by atoms with Crippen LogP contribution in [0.25, 0.3) is 0 Å². The summed E-state index contributed by atoms with van der Waals surface area (Å²) in [6, 6.07) is 11.3. The van der Waals surface area contributed by atoms with Crippen LogP contribution >= 0.6 is 43.5 Å². The van der Waals surface area contributed by atoms with Crippen molar-refractivity contribution >= 4 is 43.5 Å². The molecule has 0 bridgehead atoms. The standard InChI is InChI=1S/C15H13Br2ClO2/c1-20-15-12(7-11(18)8-13(15)17)14(19)6-9-3-2-4-10(16)5-9/h2-5,7-8,14,19H,6H2,1H3. The zero-order valence-corrected chi connectivity index (χ0v) is 14.7. The maximum absolute atomic E-state index is 10.5. The minimum Gasteiger partial charge on any atom is -0.495 e. The van der Waals surface area contributed by atoms with Crippen LogP contribution in [-0.4, -0.2) is 12.2 Å². The van der Waals surface area contributed by atoms with Crippen LogP contribution in [0.4, 0.5) is 0 Å². The summed E-state index contributed by atoms with van der Waals surface area (Å²) in [5.41, 5.74) is 1.71. The molecule has 2 nitrogen and oxygen atoms in total. The highest BCUT2D eigenvalue weighted by atomic mass is 79.9. The number of benzene rings is 2. The normalized spacial score (nSPS) is 12.2. The molecule has 0 aliphatic carbocycles. The van der Waals surface area contributed by atoms with Crippen LogP contribution in [0.1, 0.15) is 17.2 Å². The van der Waals surface area contributed by atoms with E-state index in [9.17, 15) is 5.11 Å². The Morgan fingerprint density at radius 3 is 2.65 bits per heavy atom. The van der Waals surface area contributed by atoms with E-state index in [0.29, 0.717) is 22.8 Å². The van der Waals surface area contributed by atoms with Crippen molar-refractivity contribution < 1.29 is 9.84 Å². The SMILES string of the molecule is COc1c(Br)cc(Cl)cc1C(O)Cc1cccc(Br)c1.